The summed E-state index contributed by atoms with van der Waals surface area (Å²) in [5.74, 6) is 1.01. The molecule has 0 N–H and O–H groups in total. The van der Waals surface area contributed by atoms with Crippen LogP contribution in [0, 0.1) is 0 Å². The summed E-state index contributed by atoms with van der Waals surface area (Å²) in [7, 11) is 0. The van der Waals surface area contributed by atoms with Gasteiger partial charge in [-0.05, 0) is 43.2 Å². The molecule has 0 atom stereocenters. The Bertz CT molecular complexity index is 829. The van der Waals surface area contributed by atoms with Gasteiger partial charge in [-0.25, -0.2) is 10.0 Å². The summed E-state index contributed by atoms with van der Waals surface area (Å²) in [6, 6.07) is 19.3. The highest BCUT2D eigenvalue weighted by Crippen LogP contribution is 2.36. The van der Waals surface area contributed by atoms with Gasteiger partial charge in [-0.1, -0.05) is 49.4 Å². The van der Waals surface area contributed by atoms with Gasteiger partial charge in [-0.2, -0.15) is 0 Å². The molecule has 0 aliphatic carbocycles. The molecule has 3 nitrogen and oxygen atoms in total. The van der Waals surface area contributed by atoms with Gasteiger partial charge in [0.2, 0.25) is 0 Å². The number of hydrogen-bond donors (Lipinski definition) is 0. The Hall–Kier alpha value is -2.81. The fourth-order valence-electron chi connectivity index (χ4n) is 3.22. The van der Waals surface area contributed by atoms with E-state index in [1.807, 2.05) is 0 Å². The first-order valence-electron chi connectivity index (χ1n) is 8.45. The zero-order chi connectivity index (χ0) is 16.5. The number of allylic oxidation sites excluding steroid dienone is 1. The molecule has 3 heteroatoms. The van der Waals surface area contributed by atoms with Gasteiger partial charge in [0.1, 0.15) is 5.82 Å². The number of nitrogens with zero attached hydrogens (tertiary/aromatic N) is 3. The maximum absolute atomic E-state index is 4.72. The van der Waals surface area contributed by atoms with Crippen molar-refractivity contribution in [3.8, 4) is 0 Å². The highest BCUT2D eigenvalue weighted by molar-refractivity contribution is 6.01. The minimum atomic E-state index is 0.835. The molecule has 0 saturated heterocycles. The van der Waals surface area contributed by atoms with E-state index >= 15 is 0 Å². The van der Waals surface area contributed by atoms with Crippen LogP contribution in [-0.2, 0) is 6.42 Å². The van der Waals surface area contributed by atoms with Crippen LogP contribution in [-0.4, -0.2) is 17.3 Å². The van der Waals surface area contributed by atoms with Crippen LogP contribution in [0.4, 0.5) is 5.69 Å². The van der Waals surface area contributed by atoms with Crippen molar-refractivity contribution in [2.75, 3.05) is 11.6 Å². The summed E-state index contributed by atoms with van der Waals surface area (Å²) in [5.41, 5.74) is 5.97. The van der Waals surface area contributed by atoms with Gasteiger partial charge >= 0.3 is 0 Å². The molecule has 2 aliphatic rings. The first-order valence-corrected chi connectivity index (χ1v) is 8.45. The van der Waals surface area contributed by atoms with Crippen LogP contribution in [0.3, 0.4) is 0 Å². The average molecular weight is 315 g/mol. The van der Waals surface area contributed by atoms with Crippen molar-refractivity contribution in [1.82, 2.24) is 5.01 Å². The zero-order valence-electron chi connectivity index (χ0n) is 14.1. The molecule has 120 valence electrons. The van der Waals surface area contributed by atoms with Gasteiger partial charge < -0.3 is 0 Å². The van der Waals surface area contributed by atoms with E-state index in [9.17, 15) is 0 Å². The van der Waals surface area contributed by atoms with Crippen LogP contribution in [0.2, 0.25) is 0 Å². The molecule has 0 unspecified atom stereocenters. The second kappa shape index (κ2) is 6.00. The van der Waals surface area contributed by atoms with Crippen LogP contribution in [0.15, 0.2) is 77.6 Å². The first kappa shape index (κ1) is 14.8. The molecule has 2 heterocycles. The van der Waals surface area contributed by atoms with E-state index in [1.54, 1.807) is 0 Å². The Morgan fingerprint density at radius 1 is 1.00 bits per heavy atom. The number of fused-ring (bicyclic) bond motifs is 1. The van der Waals surface area contributed by atoms with Crippen molar-refractivity contribution < 1.29 is 0 Å². The highest BCUT2D eigenvalue weighted by Gasteiger charge is 2.30. The van der Waals surface area contributed by atoms with Gasteiger partial charge in [0.05, 0.1) is 17.9 Å². The van der Waals surface area contributed by atoms with Crippen LogP contribution in [0.25, 0.3) is 5.70 Å². The van der Waals surface area contributed by atoms with Crippen molar-refractivity contribution >= 4 is 17.1 Å². The highest BCUT2D eigenvalue weighted by atomic mass is 15.7. The predicted octanol–water partition coefficient (Wildman–Crippen LogP) is 4.64. The zero-order valence-corrected chi connectivity index (χ0v) is 14.1. The van der Waals surface area contributed by atoms with Gasteiger partial charge in [-0.3, -0.25) is 5.01 Å². The number of benzene rings is 2. The summed E-state index contributed by atoms with van der Waals surface area (Å²) in [6.45, 7) is 5.07. The smallest absolute Gasteiger partial charge is 0.150 e. The monoisotopic (exact) mass is 315 g/mol. The van der Waals surface area contributed by atoms with Gasteiger partial charge in [0.15, 0.2) is 0 Å². The number of hydrogen-bond acceptors (Lipinski definition) is 3. The van der Waals surface area contributed by atoms with E-state index in [0.717, 1.165) is 24.5 Å². The molecule has 4 rings (SSSR count). The lowest BCUT2D eigenvalue weighted by molar-refractivity contribution is 0.484. The van der Waals surface area contributed by atoms with E-state index in [2.05, 4.69) is 90.6 Å². The maximum Gasteiger partial charge on any atom is 0.150 e. The Morgan fingerprint density at radius 2 is 1.75 bits per heavy atom. The molecule has 0 spiro atoms. The lowest BCUT2D eigenvalue weighted by Gasteiger charge is -2.36. The SMILES string of the molecule is CCc1ccc(N2CC=C3N=C(C)C=C(c4ccccc4)N32)cc1. The van der Waals surface area contributed by atoms with E-state index < -0.39 is 0 Å². The van der Waals surface area contributed by atoms with Crippen LogP contribution in [0.5, 0.6) is 0 Å². The van der Waals surface area contributed by atoms with Crippen LogP contribution >= 0.6 is 0 Å². The summed E-state index contributed by atoms with van der Waals surface area (Å²) in [6.07, 6.45) is 5.41. The third kappa shape index (κ3) is 2.52. The van der Waals surface area contributed by atoms with E-state index in [1.165, 1.54) is 22.5 Å². The third-order valence-corrected chi connectivity index (χ3v) is 4.48. The third-order valence-electron chi connectivity index (χ3n) is 4.48. The van der Waals surface area contributed by atoms with Crippen molar-refractivity contribution in [1.29, 1.82) is 0 Å². The van der Waals surface area contributed by atoms with Crippen molar-refractivity contribution in [2.45, 2.75) is 20.3 Å². The number of aliphatic imine (C=N–C) groups is 1. The first-order chi connectivity index (χ1) is 11.8. The Labute approximate surface area is 143 Å². The van der Waals surface area contributed by atoms with Gasteiger partial charge in [0.25, 0.3) is 0 Å². The molecule has 24 heavy (non-hydrogen) atoms. The Morgan fingerprint density at radius 3 is 2.46 bits per heavy atom. The minimum Gasteiger partial charge on any atom is -0.275 e. The fraction of sp³-hybridized carbons (Fsp3) is 0.190. The maximum atomic E-state index is 4.72. The van der Waals surface area contributed by atoms with E-state index in [4.69, 9.17) is 4.99 Å². The normalized spacial score (nSPS) is 16.5. The lowest BCUT2D eigenvalue weighted by atomic mass is 10.1. The second-order valence-electron chi connectivity index (χ2n) is 6.13. The predicted molar refractivity (Wildman–Crippen MR) is 101 cm³/mol. The van der Waals surface area contributed by atoms with Gasteiger partial charge in [-0.15, -0.1) is 0 Å². The van der Waals surface area contributed by atoms with Crippen LogP contribution < -0.4 is 5.01 Å². The number of anilines is 1. The largest absolute Gasteiger partial charge is 0.275 e. The van der Waals surface area contributed by atoms with Crippen LogP contribution in [0.1, 0.15) is 25.0 Å². The lowest BCUT2D eigenvalue weighted by Crippen LogP contribution is -2.37. The molecule has 2 aliphatic heterocycles. The molecular weight excluding hydrogens is 294 g/mol. The van der Waals surface area contributed by atoms with E-state index in [0.29, 0.717) is 0 Å². The minimum absolute atomic E-state index is 0.835. The molecule has 0 fully saturated rings. The number of aryl methyl sites for hydroxylation is 1. The fourth-order valence-corrected chi connectivity index (χ4v) is 3.22. The molecule has 2 aromatic rings. The molecular formula is C21H21N3. The molecule has 2 aromatic carbocycles. The van der Waals surface area contributed by atoms with Gasteiger partial charge in [0, 0.05) is 11.3 Å². The van der Waals surface area contributed by atoms with Crippen molar-refractivity contribution in [3.05, 3.63) is 83.7 Å². The second-order valence-corrected chi connectivity index (χ2v) is 6.13. The Balaban J connectivity index is 1.74. The molecule has 0 radical (unpaired) electrons. The summed E-state index contributed by atoms with van der Waals surface area (Å²) in [5, 5.41) is 4.51. The number of rotatable bonds is 3. The average Bonchev–Trinajstić information content (AvgIpc) is 3.05. The summed E-state index contributed by atoms with van der Waals surface area (Å²) in [4.78, 5) is 4.72. The van der Waals surface area contributed by atoms with Crippen molar-refractivity contribution in [2.24, 2.45) is 4.99 Å². The summed E-state index contributed by atoms with van der Waals surface area (Å²) < 4.78 is 0. The summed E-state index contributed by atoms with van der Waals surface area (Å²) >= 11 is 0. The standard InChI is InChI=1S/C21H21N3/c1-3-17-9-11-19(12-10-17)23-14-13-21-22-16(2)15-20(24(21)23)18-7-5-4-6-8-18/h4-13,15H,3,14H2,1-2H3. The molecule has 0 aromatic heterocycles. The van der Waals surface area contributed by atoms with E-state index in [-0.39, 0.29) is 0 Å². The quantitative estimate of drug-likeness (QED) is 0.821. The topological polar surface area (TPSA) is 18.8 Å². The molecule has 0 amide bonds. The molecule has 0 bridgehead atoms. The Kier molecular flexibility index (Phi) is 3.69. The van der Waals surface area contributed by atoms with Crippen molar-refractivity contribution in [3.63, 3.8) is 0 Å². The number of hydrazine groups is 1. The molecule has 0 saturated carbocycles.